The molecule has 1 aromatic carbocycles. The molecule has 2 rings (SSSR count). The number of benzene rings is 1. The second kappa shape index (κ2) is 7.71. The quantitative estimate of drug-likeness (QED) is 0.743. The molecule has 21 heavy (non-hydrogen) atoms. The van der Waals surface area contributed by atoms with Crippen molar-refractivity contribution in [2.75, 3.05) is 25.1 Å². The lowest BCUT2D eigenvalue weighted by Crippen LogP contribution is -2.00. The third kappa shape index (κ3) is 3.71. The van der Waals surface area contributed by atoms with E-state index in [0.29, 0.717) is 24.0 Å². The van der Waals surface area contributed by atoms with Crippen molar-refractivity contribution in [3.63, 3.8) is 0 Å². The molecule has 0 aliphatic rings. The van der Waals surface area contributed by atoms with Gasteiger partial charge in [0.1, 0.15) is 22.0 Å². The van der Waals surface area contributed by atoms with E-state index in [0.717, 1.165) is 40.5 Å². The topological polar surface area (TPSA) is 43.4 Å². The molecular weight excluding hydrogens is 308 g/mol. The average molecular weight is 329 g/mol. The number of hydrogen-bond donors (Lipinski definition) is 1. The summed E-state index contributed by atoms with van der Waals surface area (Å²) in [5.74, 6) is 1.41. The molecule has 116 valence electrons. The van der Waals surface area contributed by atoms with Crippen LogP contribution in [0.1, 0.15) is 33.6 Å². The maximum atomic E-state index is 6.46. The molecule has 0 bridgehead atoms. The van der Waals surface area contributed by atoms with Crippen LogP contribution in [0.2, 0.25) is 5.02 Å². The Bertz CT molecular complexity index is 601. The Morgan fingerprint density at radius 1 is 1.14 bits per heavy atom. The maximum absolute atomic E-state index is 6.46. The predicted octanol–water partition coefficient (Wildman–Crippen LogP) is 4.96. The minimum Gasteiger partial charge on any atom is -0.492 e. The molecule has 0 saturated carbocycles. The molecule has 1 N–H and O–H groups in total. The molecule has 1 aromatic heterocycles. The molecule has 0 saturated heterocycles. The number of anilines is 1. The Morgan fingerprint density at radius 3 is 2.43 bits per heavy atom. The second-order valence-electron chi connectivity index (χ2n) is 4.61. The van der Waals surface area contributed by atoms with Gasteiger partial charge in [-0.05, 0) is 19.8 Å². The van der Waals surface area contributed by atoms with Crippen molar-refractivity contribution in [2.45, 2.75) is 33.6 Å². The Labute approximate surface area is 134 Å². The van der Waals surface area contributed by atoms with E-state index in [4.69, 9.17) is 21.1 Å². The number of rotatable bonds is 8. The van der Waals surface area contributed by atoms with Crippen LogP contribution in [0.4, 0.5) is 5.13 Å². The van der Waals surface area contributed by atoms with E-state index < -0.39 is 0 Å². The van der Waals surface area contributed by atoms with Gasteiger partial charge in [0.2, 0.25) is 0 Å². The van der Waals surface area contributed by atoms with Gasteiger partial charge in [-0.15, -0.1) is 0 Å². The SMILES string of the molecule is CCCOc1cc(OCCC)c2nc(NCC)sc2c1Cl. The first-order chi connectivity index (χ1) is 10.2. The highest BCUT2D eigenvalue weighted by molar-refractivity contribution is 7.22. The summed E-state index contributed by atoms with van der Waals surface area (Å²) in [6.45, 7) is 8.29. The van der Waals surface area contributed by atoms with E-state index in [2.05, 4.69) is 24.1 Å². The number of hydrogen-bond acceptors (Lipinski definition) is 5. The van der Waals surface area contributed by atoms with Gasteiger partial charge in [0.05, 0.1) is 17.9 Å². The van der Waals surface area contributed by atoms with Crippen molar-refractivity contribution in [2.24, 2.45) is 0 Å². The van der Waals surface area contributed by atoms with Crippen molar-refractivity contribution in [1.82, 2.24) is 4.98 Å². The van der Waals surface area contributed by atoms with Crippen LogP contribution >= 0.6 is 22.9 Å². The molecule has 0 amide bonds. The highest BCUT2D eigenvalue weighted by atomic mass is 35.5. The van der Waals surface area contributed by atoms with Crippen molar-refractivity contribution < 1.29 is 9.47 Å². The molecule has 2 aromatic rings. The number of nitrogens with one attached hydrogen (secondary N) is 1. The minimum absolute atomic E-state index is 0.615. The number of nitrogens with zero attached hydrogens (tertiary/aromatic N) is 1. The lowest BCUT2D eigenvalue weighted by Gasteiger charge is -2.11. The number of thiazole rings is 1. The Morgan fingerprint density at radius 2 is 1.81 bits per heavy atom. The van der Waals surface area contributed by atoms with Gasteiger partial charge >= 0.3 is 0 Å². The predicted molar refractivity (Wildman–Crippen MR) is 90.4 cm³/mol. The van der Waals surface area contributed by atoms with E-state index in [1.807, 2.05) is 13.0 Å². The molecule has 0 atom stereocenters. The van der Waals surface area contributed by atoms with Gasteiger partial charge in [0, 0.05) is 12.6 Å². The van der Waals surface area contributed by atoms with Gasteiger partial charge in [-0.25, -0.2) is 4.98 Å². The zero-order valence-corrected chi connectivity index (χ0v) is 14.2. The van der Waals surface area contributed by atoms with Crippen LogP contribution < -0.4 is 14.8 Å². The van der Waals surface area contributed by atoms with Gasteiger partial charge in [-0.2, -0.15) is 0 Å². The molecule has 0 radical (unpaired) electrons. The lowest BCUT2D eigenvalue weighted by atomic mass is 10.3. The Hall–Kier alpha value is -1.20. The normalized spacial score (nSPS) is 10.9. The van der Waals surface area contributed by atoms with Crippen molar-refractivity contribution >= 4 is 38.3 Å². The summed E-state index contributed by atoms with van der Waals surface area (Å²) in [6.07, 6.45) is 1.88. The van der Waals surface area contributed by atoms with Crippen LogP contribution in [0.25, 0.3) is 10.2 Å². The summed E-state index contributed by atoms with van der Waals surface area (Å²) in [6, 6.07) is 1.85. The molecule has 1 heterocycles. The standard InChI is InChI=1S/C15H21ClN2O2S/c1-4-7-19-10-9-11(20-8-5-2)13-14(12(10)16)21-15(18-13)17-6-3/h9H,4-8H2,1-3H3,(H,17,18). The smallest absolute Gasteiger partial charge is 0.183 e. The third-order valence-corrected chi connectivity index (χ3v) is 4.31. The van der Waals surface area contributed by atoms with Gasteiger partial charge < -0.3 is 14.8 Å². The van der Waals surface area contributed by atoms with Gasteiger partial charge in [-0.1, -0.05) is 36.8 Å². The fourth-order valence-corrected chi connectivity index (χ4v) is 3.16. The minimum atomic E-state index is 0.615. The lowest BCUT2D eigenvalue weighted by molar-refractivity contribution is 0.304. The number of aromatic nitrogens is 1. The van der Waals surface area contributed by atoms with E-state index in [9.17, 15) is 0 Å². The summed E-state index contributed by atoms with van der Waals surface area (Å²) in [4.78, 5) is 4.58. The van der Waals surface area contributed by atoms with E-state index in [-0.39, 0.29) is 0 Å². The molecule has 0 aliphatic carbocycles. The van der Waals surface area contributed by atoms with Crippen molar-refractivity contribution in [3.8, 4) is 11.5 Å². The van der Waals surface area contributed by atoms with E-state index in [1.54, 1.807) is 0 Å². The van der Waals surface area contributed by atoms with Crippen LogP contribution in [-0.2, 0) is 0 Å². The molecule has 0 unspecified atom stereocenters. The molecule has 0 fully saturated rings. The zero-order valence-electron chi connectivity index (χ0n) is 12.7. The van der Waals surface area contributed by atoms with Crippen molar-refractivity contribution in [1.29, 1.82) is 0 Å². The van der Waals surface area contributed by atoms with Crippen molar-refractivity contribution in [3.05, 3.63) is 11.1 Å². The fourth-order valence-electron chi connectivity index (χ4n) is 1.86. The maximum Gasteiger partial charge on any atom is 0.183 e. The molecule has 6 heteroatoms. The monoisotopic (exact) mass is 328 g/mol. The average Bonchev–Trinajstić information content (AvgIpc) is 2.90. The first kappa shape index (κ1) is 16.2. The largest absolute Gasteiger partial charge is 0.492 e. The first-order valence-corrected chi connectivity index (χ1v) is 8.53. The van der Waals surface area contributed by atoms with E-state index >= 15 is 0 Å². The van der Waals surface area contributed by atoms with Gasteiger partial charge in [-0.3, -0.25) is 0 Å². The zero-order chi connectivity index (χ0) is 15.2. The summed E-state index contributed by atoms with van der Waals surface area (Å²) in [7, 11) is 0. The molecule has 0 aliphatic heterocycles. The summed E-state index contributed by atoms with van der Waals surface area (Å²) >= 11 is 7.99. The van der Waals surface area contributed by atoms with Crippen LogP contribution in [0.5, 0.6) is 11.5 Å². The highest BCUT2D eigenvalue weighted by Gasteiger charge is 2.17. The third-order valence-electron chi connectivity index (χ3n) is 2.79. The first-order valence-electron chi connectivity index (χ1n) is 7.33. The Kier molecular flexibility index (Phi) is 5.94. The second-order valence-corrected chi connectivity index (χ2v) is 5.99. The van der Waals surface area contributed by atoms with Crippen LogP contribution in [0.15, 0.2) is 6.07 Å². The van der Waals surface area contributed by atoms with E-state index in [1.165, 1.54) is 11.3 Å². The molecular formula is C15H21ClN2O2S. The van der Waals surface area contributed by atoms with Crippen LogP contribution in [0, 0.1) is 0 Å². The summed E-state index contributed by atoms with van der Waals surface area (Å²) < 4.78 is 12.5. The van der Waals surface area contributed by atoms with Crippen LogP contribution in [-0.4, -0.2) is 24.7 Å². The number of ether oxygens (including phenoxy) is 2. The summed E-state index contributed by atoms with van der Waals surface area (Å²) in [5.41, 5.74) is 0.804. The highest BCUT2D eigenvalue weighted by Crippen LogP contribution is 2.43. The van der Waals surface area contributed by atoms with Gasteiger partial charge in [0.15, 0.2) is 5.13 Å². The Balaban J connectivity index is 2.47. The summed E-state index contributed by atoms with van der Waals surface area (Å²) in [5, 5.41) is 4.69. The van der Waals surface area contributed by atoms with Crippen LogP contribution in [0.3, 0.4) is 0 Å². The fraction of sp³-hybridized carbons (Fsp3) is 0.533. The number of halogens is 1. The molecule has 4 nitrogen and oxygen atoms in total. The molecule has 0 spiro atoms. The number of fused-ring (bicyclic) bond motifs is 1. The van der Waals surface area contributed by atoms with Gasteiger partial charge in [0.25, 0.3) is 0 Å².